The van der Waals surface area contributed by atoms with Crippen LogP contribution in [0.25, 0.3) is 0 Å². The quantitative estimate of drug-likeness (QED) is 0.738. The predicted molar refractivity (Wildman–Crippen MR) is 65.6 cm³/mol. The molecule has 1 aromatic carbocycles. The fourth-order valence-electron chi connectivity index (χ4n) is 1.30. The van der Waals surface area contributed by atoms with E-state index in [2.05, 4.69) is 5.32 Å². The number of halogens is 1. The Kier molecular flexibility index (Phi) is 4.74. The zero-order valence-electron chi connectivity index (χ0n) is 9.57. The van der Waals surface area contributed by atoms with E-state index in [9.17, 15) is 5.11 Å². The van der Waals surface area contributed by atoms with Gasteiger partial charge in [0.05, 0.1) is 12.2 Å². The van der Waals surface area contributed by atoms with Crippen LogP contribution in [-0.2, 0) is 0 Å². The molecule has 0 aromatic heterocycles. The highest BCUT2D eigenvalue weighted by Crippen LogP contribution is 2.16. The number of rotatable bonds is 5. The van der Waals surface area contributed by atoms with Gasteiger partial charge in [-0.2, -0.15) is 0 Å². The van der Waals surface area contributed by atoms with Gasteiger partial charge in [-0.25, -0.2) is 0 Å². The Hall–Kier alpha value is -0.610. The van der Waals surface area contributed by atoms with Gasteiger partial charge in [0.25, 0.3) is 0 Å². The summed E-state index contributed by atoms with van der Waals surface area (Å²) in [6.07, 6.45) is 0. The normalized spacial score (nSPS) is 16.8. The molecule has 90 valence electrons. The summed E-state index contributed by atoms with van der Waals surface area (Å²) in [7, 11) is 0. The van der Waals surface area contributed by atoms with Gasteiger partial charge >= 0.3 is 0 Å². The van der Waals surface area contributed by atoms with Gasteiger partial charge in [-0.05, 0) is 31.5 Å². The lowest BCUT2D eigenvalue weighted by molar-refractivity contribution is 0.00106. The lowest BCUT2D eigenvalue weighted by Gasteiger charge is -2.24. The summed E-state index contributed by atoms with van der Waals surface area (Å²) in [5.74, 6) is 0. The van der Waals surface area contributed by atoms with Crippen molar-refractivity contribution in [3.63, 3.8) is 0 Å². The van der Waals surface area contributed by atoms with Crippen molar-refractivity contribution >= 4 is 11.6 Å². The van der Waals surface area contributed by atoms with Gasteiger partial charge in [0, 0.05) is 17.6 Å². The first-order chi connectivity index (χ1) is 7.44. The molecule has 0 heterocycles. The summed E-state index contributed by atoms with van der Waals surface area (Å²) in [6.45, 7) is 3.67. The second-order valence-corrected chi connectivity index (χ2v) is 4.75. The van der Waals surface area contributed by atoms with E-state index < -0.39 is 5.60 Å². The smallest absolute Gasteiger partial charge is 0.0973 e. The predicted octanol–water partition coefficient (Wildman–Crippen LogP) is 1.73. The average molecular weight is 244 g/mol. The van der Waals surface area contributed by atoms with Crippen LogP contribution >= 0.6 is 11.6 Å². The maximum absolute atomic E-state index is 9.63. The monoisotopic (exact) mass is 243 g/mol. The van der Waals surface area contributed by atoms with Gasteiger partial charge in [0.2, 0.25) is 0 Å². The first kappa shape index (κ1) is 13.5. The summed E-state index contributed by atoms with van der Waals surface area (Å²) in [6, 6.07) is 7.65. The molecule has 4 heteroatoms. The van der Waals surface area contributed by atoms with E-state index in [1.54, 1.807) is 6.92 Å². The molecule has 0 fully saturated rings. The van der Waals surface area contributed by atoms with Crippen molar-refractivity contribution < 1.29 is 10.2 Å². The zero-order valence-corrected chi connectivity index (χ0v) is 10.3. The maximum Gasteiger partial charge on any atom is 0.0973 e. The fraction of sp³-hybridized carbons (Fsp3) is 0.500. The van der Waals surface area contributed by atoms with Crippen LogP contribution in [0.2, 0.25) is 5.02 Å². The van der Waals surface area contributed by atoms with E-state index in [0.29, 0.717) is 11.6 Å². The highest BCUT2D eigenvalue weighted by atomic mass is 35.5. The molecule has 0 aliphatic rings. The summed E-state index contributed by atoms with van der Waals surface area (Å²) in [4.78, 5) is 0. The lowest BCUT2D eigenvalue weighted by Crippen LogP contribution is -2.41. The molecule has 0 spiro atoms. The summed E-state index contributed by atoms with van der Waals surface area (Å²) >= 11 is 5.79. The molecule has 0 radical (unpaired) electrons. The van der Waals surface area contributed by atoms with Gasteiger partial charge in [-0.1, -0.05) is 23.7 Å². The van der Waals surface area contributed by atoms with Crippen LogP contribution in [0.5, 0.6) is 0 Å². The van der Waals surface area contributed by atoms with Crippen molar-refractivity contribution in [1.29, 1.82) is 0 Å². The molecular formula is C12H18ClNO2. The van der Waals surface area contributed by atoms with Crippen LogP contribution in [0.4, 0.5) is 0 Å². The van der Waals surface area contributed by atoms with Crippen LogP contribution in [0.15, 0.2) is 24.3 Å². The fourth-order valence-corrected chi connectivity index (χ4v) is 1.42. The van der Waals surface area contributed by atoms with Crippen LogP contribution < -0.4 is 5.32 Å². The van der Waals surface area contributed by atoms with E-state index >= 15 is 0 Å². The lowest BCUT2D eigenvalue weighted by atomic mass is 10.1. The summed E-state index contributed by atoms with van der Waals surface area (Å²) in [5, 5.41) is 22.4. The Labute approximate surface area is 101 Å². The molecule has 0 aliphatic heterocycles. The highest BCUT2D eigenvalue weighted by molar-refractivity contribution is 6.30. The molecular weight excluding hydrogens is 226 g/mol. The SMILES string of the molecule is CC(NCC(C)(O)CO)c1ccc(Cl)cc1. The molecule has 0 saturated heterocycles. The molecule has 2 unspecified atom stereocenters. The highest BCUT2D eigenvalue weighted by Gasteiger charge is 2.19. The van der Waals surface area contributed by atoms with Crippen molar-refractivity contribution in [3.8, 4) is 0 Å². The number of aliphatic hydroxyl groups is 2. The Morgan fingerprint density at radius 3 is 2.44 bits per heavy atom. The third-order valence-corrected chi connectivity index (χ3v) is 2.75. The number of nitrogens with one attached hydrogen (secondary N) is 1. The molecule has 0 aliphatic carbocycles. The standard InChI is InChI=1S/C12H18ClNO2/c1-9(14-7-12(2,16)8-15)10-3-5-11(13)6-4-10/h3-6,9,14-16H,7-8H2,1-2H3. The Morgan fingerprint density at radius 1 is 1.38 bits per heavy atom. The zero-order chi connectivity index (χ0) is 12.2. The summed E-state index contributed by atoms with van der Waals surface area (Å²) < 4.78 is 0. The number of aliphatic hydroxyl groups excluding tert-OH is 1. The molecule has 0 saturated carbocycles. The third kappa shape index (κ3) is 4.10. The molecule has 1 aromatic rings. The molecule has 16 heavy (non-hydrogen) atoms. The van der Waals surface area contributed by atoms with Gasteiger partial charge in [-0.15, -0.1) is 0 Å². The van der Waals surface area contributed by atoms with Crippen molar-refractivity contribution in [1.82, 2.24) is 5.32 Å². The van der Waals surface area contributed by atoms with Crippen molar-refractivity contribution in [3.05, 3.63) is 34.9 Å². The topological polar surface area (TPSA) is 52.5 Å². The van der Waals surface area contributed by atoms with Crippen LogP contribution in [0, 0.1) is 0 Å². The van der Waals surface area contributed by atoms with Crippen LogP contribution in [0.3, 0.4) is 0 Å². The minimum atomic E-state index is -1.08. The molecule has 3 nitrogen and oxygen atoms in total. The van der Waals surface area contributed by atoms with Crippen molar-refractivity contribution in [2.75, 3.05) is 13.2 Å². The maximum atomic E-state index is 9.63. The van der Waals surface area contributed by atoms with Crippen molar-refractivity contribution in [2.24, 2.45) is 0 Å². The second kappa shape index (κ2) is 5.64. The van der Waals surface area contributed by atoms with Crippen LogP contribution in [0.1, 0.15) is 25.5 Å². The first-order valence-corrected chi connectivity index (χ1v) is 5.64. The van der Waals surface area contributed by atoms with E-state index in [-0.39, 0.29) is 12.6 Å². The largest absolute Gasteiger partial charge is 0.393 e. The van der Waals surface area contributed by atoms with Gasteiger partial charge in [0.15, 0.2) is 0 Å². The van der Waals surface area contributed by atoms with E-state index in [1.165, 1.54) is 0 Å². The molecule has 3 N–H and O–H groups in total. The Bertz CT molecular complexity index is 324. The van der Waals surface area contributed by atoms with Gasteiger partial charge < -0.3 is 15.5 Å². The first-order valence-electron chi connectivity index (χ1n) is 5.27. The number of hydrogen-bond acceptors (Lipinski definition) is 3. The van der Waals surface area contributed by atoms with Gasteiger partial charge in [0.1, 0.15) is 0 Å². The van der Waals surface area contributed by atoms with E-state index in [1.807, 2.05) is 31.2 Å². The van der Waals surface area contributed by atoms with Crippen molar-refractivity contribution in [2.45, 2.75) is 25.5 Å². The molecule has 0 bridgehead atoms. The Morgan fingerprint density at radius 2 is 1.94 bits per heavy atom. The molecule has 0 amide bonds. The third-order valence-electron chi connectivity index (χ3n) is 2.50. The van der Waals surface area contributed by atoms with Gasteiger partial charge in [-0.3, -0.25) is 0 Å². The van der Waals surface area contributed by atoms with E-state index in [0.717, 1.165) is 5.56 Å². The Balaban J connectivity index is 2.53. The molecule has 2 atom stereocenters. The average Bonchev–Trinajstić information content (AvgIpc) is 2.27. The van der Waals surface area contributed by atoms with E-state index in [4.69, 9.17) is 16.7 Å². The minimum absolute atomic E-state index is 0.107. The molecule has 1 rings (SSSR count). The van der Waals surface area contributed by atoms with Crippen LogP contribution in [-0.4, -0.2) is 29.0 Å². The summed E-state index contributed by atoms with van der Waals surface area (Å²) in [5.41, 5.74) is 0.0128. The number of hydrogen-bond donors (Lipinski definition) is 3. The second-order valence-electron chi connectivity index (χ2n) is 4.31. The number of benzene rings is 1. The minimum Gasteiger partial charge on any atom is -0.393 e.